The van der Waals surface area contributed by atoms with Gasteiger partial charge in [0.25, 0.3) is 10.0 Å². The lowest BCUT2D eigenvalue weighted by Crippen LogP contribution is -2.14. The van der Waals surface area contributed by atoms with E-state index in [-0.39, 0.29) is 11.2 Å². The number of aryl methyl sites for hydroxylation is 1. The second-order valence-corrected chi connectivity index (χ2v) is 6.72. The van der Waals surface area contributed by atoms with Crippen molar-refractivity contribution < 1.29 is 17.9 Å². The molecule has 1 aliphatic rings. The summed E-state index contributed by atoms with van der Waals surface area (Å²) in [7, 11) is -3.59. The van der Waals surface area contributed by atoms with Gasteiger partial charge in [-0.3, -0.25) is 4.72 Å². The molecular weight excluding hydrogens is 302 g/mol. The first-order valence-electron chi connectivity index (χ1n) is 6.98. The standard InChI is InChI=1S/C16H17NO4S/c1-12-4-2-3-5-15(12)22(18,19)17-14-8-6-13(7-9-14)16-20-10-11-21-16/h2-9,16-17H,10-11H2,1H3. The van der Waals surface area contributed by atoms with Crippen LogP contribution in [0, 0.1) is 6.92 Å². The van der Waals surface area contributed by atoms with Crippen LogP contribution in [0.15, 0.2) is 53.4 Å². The molecule has 3 rings (SSSR count). The number of nitrogens with one attached hydrogen (secondary N) is 1. The molecule has 0 aliphatic carbocycles. The second-order valence-electron chi connectivity index (χ2n) is 5.07. The highest BCUT2D eigenvalue weighted by Crippen LogP contribution is 2.25. The summed E-state index contributed by atoms with van der Waals surface area (Å²) in [5, 5.41) is 0. The van der Waals surface area contributed by atoms with Gasteiger partial charge in [0.1, 0.15) is 0 Å². The van der Waals surface area contributed by atoms with Crippen molar-refractivity contribution in [2.45, 2.75) is 18.1 Å². The van der Waals surface area contributed by atoms with Crippen molar-refractivity contribution in [3.8, 4) is 0 Å². The van der Waals surface area contributed by atoms with E-state index in [1.54, 1.807) is 49.4 Å². The molecule has 1 saturated heterocycles. The fraction of sp³-hybridized carbons (Fsp3) is 0.250. The molecular formula is C16H17NO4S. The molecule has 0 saturated carbocycles. The SMILES string of the molecule is Cc1ccccc1S(=O)(=O)Nc1ccc(C2OCCO2)cc1. The number of hydrogen-bond acceptors (Lipinski definition) is 4. The van der Waals surface area contributed by atoms with Gasteiger partial charge in [-0.05, 0) is 30.7 Å². The van der Waals surface area contributed by atoms with Gasteiger partial charge in [-0.2, -0.15) is 0 Å². The molecule has 1 fully saturated rings. The Balaban J connectivity index is 1.79. The fourth-order valence-electron chi connectivity index (χ4n) is 2.33. The van der Waals surface area contributed by atoms with Crippen LogP contribution < -0.4 is 4.72 Å². The predicted molar refractivity (Wildman–Crippen MR) is 83.1 cm³/mol. The Morgan fingerprint density at radius 2 is 1.64 bits per heavy atom. The molecule has 2 aromatic carbocycles. The lowest BCUT2D eigenvalue weighted by molar-refractivity contribution is -0.0441. The third-order valence-corrected chi connectivity index (χ3v) is 4.98. The third kappa shape index (κ3) is 3.14. The topological polar surface area (TPSA) is 64.6 Å². The average Bonchev–Trinajstić information content (AvgIpc) is 3.02. The van der Waals surface area contributed by atoms with Crippen molar-refractivity contribution in [1.29, 1.82) is 0 Å². The van der Waals surface area contributed by atoms with Crippen molar-refractivity contribution in [2.24, 2.45) is 0 Å². The number of benzene rings is 2. The van der Waals surface area contributed by atoms with Crippen LogP contribution in [0.5, 0.6) is 0 Å². The van der Waals surface area contributed by atoms with E-state index in [1.165, 1.54) is 0 Å². The zero-order valence-corrected chi connectivity index (χ0v) is 13.0. The van der Waals surface area contributed by atoms with E-state index in [1.807, 2.05) is 6.07 Å². The minimum absolute atomic E-state index is 0.279. The quantitative estimate of drug-likeness (QED) is 0.941. The number of hydrogen-bond donors (Lipinski definition) is 1. The monoisotopic (exact) mass is 319 g/mol. The molecule has 5 nitrogen and oxygen atoms in total. The molecule has 6 heteroatoms. The van der Waals surface area contributed by atoms with Crippen LogP contribution in [0.25, 0.3) is 0 Å². The average molecular weight is 319 g/mol. The number of sulfonamides is 1. The van der Waals surface area contributed by atoms with Crippen molar-refractivity contribution >= 4 is 15.7 Å². The Morgan fingerprint density at radius 1 is 1.00 bits per heavy atom. The van der Waals surface area contributed by atoms with Gasteiger partial charge in [0.15, 0.2) is 6.29 Å². The Kier molecular flexibility index (Phi) is 4.15. The largest absolute Gasteiger partial charge is 0.346 e. The molecule has 1 aliphatic heterocycles. The molecule has 0 bridgehead atoms. The minimum Gasteiger partial charge on any atom is -0.346 e. The van der Waals surface area contributed by atoms with Crippen molar-refractivity contribution in [3.63, 3.8) is 0 Å². The number of ether oxygens (including phenoxy) is 2. The highest BCUT2D eigenvalue weighted by atomic mass is 32.2. The molecule has 0 radical (unpaired) electrons. The maximum absolute atomic E-state index is 12.4. The Bertz CT molecular complexity index is 750. The van der Waals surface area contributed by atoms with Gasteiger partial charge < -0.3 is 9.47 Å². The summed E-state index contributed by atoms with van der Waals surface area (Å²) in [5.74, 6) is 0. The first-order chi connectivity index (χ1) is 10.6. The van der Waals surface area contributed by atoms with Crippen LogP contribution >= 0.6 is 0 Å². The predicted octanol–water partition coefficient (Wildman–Crippen LogP) is 2.84. The third-order valence-electron chi connectivity index (χ3n) is 3.44. The highest BCUT2D eigenvalue weighted by molar-refractivity contribution is 7.92. The Labute approximate surface area is 129 Å². The van der Waals surface area contributed by atoms with E-state index < -0.39 is 10.0 Å². The van der Waals surface area contributed by atoms with Gasteiger partial charge in [-0.1, -0.05) is 30.3 Å². The van der Waals surface area contributed by atoms with Gasteiger partial charge >= 0.3 is 0 Å². The zero-order valence-electron chi connectivity index (χ0n) is 12.2. The molecule has 0 unspecified atom stereocenters. The Hall–Kier alpha value is -1.89. The summed E-state index contributed by atoms with van der Waals surface area (Å²) in [6.45, 7) is 2.92. The van der Waals surface area contributed by atoms with E-state index >= 15 is 0 Å². The van der Waals surface area contributed by atoms with Crippen LogP contribution in [-0.4, -0.2) is 21.6 Å². The maximum Gasteiger partial charge on any atom is 0.262 e. The van der Waals surface area contributed by atoms with E-state index in [0.29, 0.717) is 24.5 Å². The zero-order chi connectivity index (χ0) is 15.6. The highest BCUT2D eigenvalue weighted by Gasteiger charge is 2.19. The van der Waals surface area contributed by atoms with Crippen molar-refractivity contribution in [1.82, 2.24) is 0 Å². The summed E-state index contributed by atoms with van der Waals surface area (Å²) in [4.78, 5) is 0.279. The molecule has 0 atom stereocenters. The molecule has 0 spiro atoms. The summed E-state index contributed by atoms with van der Waals surface area (Å²) >= 11 is 0. The van der Waals surface area contributed by atoms with E-state index in [0.717, 1.165) is 5.56 Å². The first-order valence-corrected chi connectivity index (χ1v) is 8.46. The summed E-state index contributed by atoms with van der Waals surface area (Å²) in [6, 6.07) is 13.9. The van der Waals surface area contributed by atoms with Crippen LogP contribution in [-0.2, 0) is 19.5 Å². The lowest BCUT2D eigenvalue weighted by Gasteiger charge is -2.12. The summed E-state index contributed by atoms with van der Waals surface area (Å²) < 4.78 is 38.2. The van der Waals surface area contributed by atoms with Crippen molar-refractivity contribution in [2.75, 3.05) is 17.9 Å². The van der Waals surface area contributed by atoms with E-state index in [4.69, 9.17) is 9.47 Å². The van der Waals surface area contributed by atoms with Gasteiger partial charge in [0.05, 0.1) is 18.1 Å². The van der Waals surface area contributed by atoms with Gasteiger partial charge in [-0.15, -0.1) is 0 Å². The molecule has 2 aromatic rings. The Morgan fingerprint density at radius 3 is 2.27 bits per heavy atom. The number of anilines is 1. The maximum atomic E-state index is 12.4. The van der Waals surface area contributed by atoms with Gasteiger partial charge in [-0.25, -0.2) is 8.42 Å². The van der Waals surface area contributed by atoms with Crippen LogP contribution in [0.2, 0.25) is 0 Å². The van der Waals surface area contributed by atoms with Gasteiger partial charge in [0.2, 0.25) is 0 Å². The van der Waals surface area contributed by atoms with E-state index in [2.05, 4.69) is 4.72 Å². The van der Waals surface area contributed by atoms with E-state index in [9.17, 15) is 8.42 Å². The molecule has 1 N–H and O–H groups in total. The molecule has 0 aromatic heterocycles. The smallest absolute Gasteiger partial charge is 0.262 e. The molecule has 0 amide bonds. The van der Waals surface area contributed by atoms with Crippen LogP contribution in [0.3, 0.4) is 0 Å². The second kappa shape index (κ2) is 6.08. The molecule has 22 heavy (non-hydrogen) atoms. The van der Waals surface area contributed by atoms with Crippen LogP contribution in [0.4, 0.5) is 5.69 Å². The van der Waals surface area contributed by atoms with Crippen molar-refractivity contribution in [3.05, 3.63) is 59.7 Å². The molecule has 1 heterocycles. The number of rotatable bonds is 4. The first kappa shape index (κ1) is 15.0. The van der Waals surface area contributed by atoms with Gasteiger partial charge in [0, 0.05) is 11.3 Å². The summed E-state index contributed by atoms with van der Waals surface area (Å²) in [6.07, 6.45) is -0.359. The molecule has 116 valence electrons. The lowest BCUT2D eigenvalue weighted by atomic mass is 10.2. The summed E-state index contributed by atoms with van der Waals surface area (Å²) in [5.41, 5.74) is 2.08. The van der Waals surface area contributed by atoms with Crippen LogP contribution in [0.1, 0.15) is 17.4 Å². The fourth-order valence-corrected chi connectivity index (χ4v) is 3.63. The minimum atomic E-state index is -3.59. The normalized spacial score (nSPS) is 15.9.